The lowest BCUT2D eigenvalue weighted by Gasteiger charge is -2.18. The van der Waals surface area contributed by atoms with Crippen molar-refractivity contribution in [3.63, 3.8) is 0 Å². The average molecular weight is 505 g/mol. The molecule has 9 heteroatoms. The van der Waals surface area contributed by atoms with Crippen molar-refractivity contribution in [1.82, 2.24) is 20.4 Å². The maximum Gasteiger partial charge on any atom is 0.191 e. The molecule has 150 valence electrons. The van der Waals surface area contributed by atoms with Crippen LogP contribution in [0.2, 0.25) is 0 Å². The van der Waals surface area contributed by atoms with Gasteiger partial charge in [-0.15, -0.1) is 24.0 Å². The van der Waals surface area contributed by atoms with Crippen molar-refractivity contribution >= 4 is 39.8 Å². The summed E-state index contributed by atoms with van der Waals surface area (Å²) in [4.78, 5) is 4.22. The summed E-state index contributed by atoms with van der Waals surface area (Å²) < 4.78 is 24.5. The largest absolute Gasteiger partial charge is 0.354 e. The lowest BCUT2D eigenvalue weighted by molar-refractivity contribution is 0.581. The molecule has 2 aromatic rings. The van der Waals surface area contributed by atoms with E-state index in [-0.39, 0.29) is 35.8 Å². The maximum atomic E-state index is 11.3. The Labute approximate surface area is 178 Å². The van der Waals surface area contributed by atoms with Gasteiger partial charge in [-0.3, -0.25) is 9.67 Å². The summed E-state index contributed by atoms with van der Waals surface area (Å²) in [6.07, 6.45) is 5.50. The molecule has 1 unspecified atom stereocenters. The molecule has 7 nitrogen and oxygen atoms in total. The lowest BCUT2D eigenvalue weighted by Crippen LogP contribution is -2.42. The highest BCUT2D eigenvalue weighted by Gasteiger charge is 2.10. The van der Waals surface area contributed by atoms with Gasteiger partial charge in [-0.05, 0) is 30.5 Å². The van der Waals surface area contributed by atoms with Gasteiger partial charge in [0.15, 0.2) is 5.96 Å². The summed E-state index contributed by atoms with van der Waals surface area (Å²) in [6, 6.07) is 10.1. The molecule has 1 aromatic heterocycles. The Morgan fingerprint density at radius 1 is 1.26 bits per heavy atom. The number of hydrogen-bond acceptors (Lipinski definition) is 4. The number of nitrogens with one attached hydrogen (secondary N) is 2. The number of nitrogens with zero attached hydrogens (tertiary/aromatic N) is 3. The molecule has 2 N–H and O–H groups in total. The van der Waals surface area contributed by atoms with Crippen LogP contribution in [0.25, 0.3) is 0 Å². The molecule has 0 bridgehead atoms. The number of guanidine groups is 1. The van der Waals surface area contributed by atoms with Crippen LogP contribution in [0.1, 0.15) is 24.5 Å². The third-order valence-electron chi connectivity index (χ3n) is 3.98. The number of aromatic nitrogens is 2. The zero-order valence-electron chi connectivity index (χ0n) is 15.9. The predicted molar refractivity (Wildman–Crippen MR) is 120 cm³/mol. The van der Waals surface area contributed by atoms with E-state index in [0.29, 0.717) is 25.5 Å². The van der Waals surface area contributed by atoms with E-state index in [4.69, 9.17) is 0 Å². The molecular weight excluding hydrogens is 477 g/mol. The molecule has 0 fully saturated rings. The van der Waals surface area contributed by atoms with Crippen LogP contribution in [-0.2, 0) is 22.9 Å². The summed E-state index contributed by atoms with van der Waals surface area (Å²) in [5, 5.41) is 10.8. The molecule has 0 aliphatic rings. The summed E-state index contributed by atoms with van der Waals surface area (Å²) in [6.45, 7) is 3.28. The molecule has 1 aromatic carbocycles. The van der Waals surface area contributed by atoms with Gasteiger partial charge in [0, 0.05) is 38.3 Å². The molecule has 1 heterocycles. The molecule has 0 aliphatic heterocycles. The Morgan fingerprint density at radius 2 is 1.96 bits per heavy atom. The van der Waals surface area contributed by atoms with Crippen LogP contribution >= 0.6 is 24.0 Å². The number of benzene rings is 1. The highest BCUT2D eigenvalue weighted by molar-refractivity contribution is 14.0. The molecule has 2 rings (SSSR count). The van der Waals surface area contributed by atoms with Gasteiger partial charge >= 0.3 is 0 Å². The molecule has 0 amide bonds. The highest BCUT2D eigenvalue weighted by Crippen LogP contribution is 2.10. The quantitative estimate of drug-likeness (QED) is 0.326. The first kappa shape index (κ1) is 23.4. The van der Waals surface area contributed by atoms with Crippen molar-refractivity contribution in [3.8, 4) is 0 Å². The molecule has 0 saturated heterocycles. The predicted octanol–water partition coefficient (Wildman–Crippen LogP) is 2.04. The second-order valence-corrected chi connectivity index (χ2v) is 8.62. The molecule has 0 saturated carbocycles. The Bertz CT molecular complexity index is 822. The average Bonchev–Trinajstić information content (AvgIpc) is 3.10. The molecule has 1 atom stereocenters. The topological polar surface area (TPSA) is 88.4 Å². The van der Waals surface area contributed by atoms with Gasteiger partial charge in [0.1, 0.15) is 9.84 Å². The van der Waals surface area contributed by atoms with Crippen molar-refractivity contribution < 1.29 is 8.42 Å². The van der Waals surface area contributed by atoms with Crippen molar-refractivity contribution in [2.24, 2.45) is 4.99 Å². The zero-order chi connectivity index (χ0) is 19.0. The number of sulfone groups is 1. The first-order valence-corrected chi connectivity index (χ1v) is 10.6. The van der Waals surface area contributed by atoms with E-state index >= 15 is 0 Å². The molecule has 0 radical (unpaired) electrons. The summed E-state index contributed by atoms with van der Waals surface area (Å²) in [5.41, 5.74) is 2.35. The Balaban J connectivity index is 0.00000364. The van der Waals surface area contributed by atoms with E-state index in [2.05, 4.69) is 32.9 Å². The minimum atomic E-state index is -2.96. The second kappa shape index (κ2) is 11.3. The first-order valence-electron chi connectivity index (χ1n) is 8.56. The van der Waals surface area contributed by atoms with E-state index in [1.54, 1.807) is 13.2 Å². The van der Waals surface area contributed by atoms with Crippen LogP contribution in [-0.4, -0.2) is 49.3 Å². The molecule has 0 spiro atoms. The van der Waals surface area contributed by atoms with Gasteiger partial charge < -0.3 is 10.6 Å². The third-order valence-corrected chi connectivity index (χ3v) is 4.96. The summed E-state index contributed by atoms with van der Waals surface area (Å²) in [5.74, 6) is 0.810. The SMILES string of the molecule is CN=C(NCc1ccccc1Cn1cccn1)NC(C)CCS(C)(=O)=O.I. The highest BCUT2D eigenvalue weighted by atomic mass is 127. The van der Waals surface area contributed by atoms with Gasteiger partial charge in [0.2, 0.25) is 0 Å². The second-order valence-electron chi connectivity index (χ2n) is 6.36. The number of hydrogen-bond donors (Lipinski definition) is 2. The van der Waals surface area contributed by atoms with E-state index in [1.165, 1.54) is 11.8 Å². The third kappa shape index (κ3) is 8.74. The Hall–Kier alpha value is -1.62. The monoisotopic (exact) mass is 505 g/mol. The van der Waals surface area contributed by atoms with Gasteiger partial charge in [0.05, 0.1) is 12.3 Å². The molecular formula is C18H28IN5O2S. The van der Waals surface area contributed by atoms with Gasteiger partial charge in [0.25, 0.3) is 0 Å². The number of halogens is 1. The molecule has 0 aliphatic carbocycles. The minimum absolute atomic E-state index is 0. The zero-order valence-corrected chi connectivity index (χ0v) is 19.1. The normalized spacial score (nSPS) is 12.9. The van der Waals surface area contributed by atoms with Gasteiger partial charge in [-0.1, -0.05) is 24.3 Å². The van der Waals surface area contributed by atoms with E-state index < -0.39 is 9.84 Å². The van der Waals surface area contributed by atoms with Gasteiger partial charge in [-0.25, -0.2) is 8.42 Å². The Kier molecular flexibility index (Phi) is 9.78. The van der Waals surface area contributed by atoms with Crippen LogP contribution in [0.3, 0.4) is 0 Å². The van der Waals surface area contributed by atoms with Crippen LogP contribution in [0.4, 0.5) is 0 Å². The van der Waals surface area contributed by atoms with Crippen LogP contribution < -0.4 is 10.6 Å². The number of rotatable bonds is 8. The Morgan fingerprint density at radius 3 is 2.56 bits per heavy atom. The summed E-state index contributed by atoms with van der Waals surface area (Å²) >= 11 is 0. The fourth-order valence-electron chi connectivity index (χ4n) is 2.52. The fourth-order valence-corrected chi connectivity index (χ4v) is 3.30. The maximum absolute atomic E-state index is 11.3. The van der Waals surface area contributed by atoms with Crippen molar-refractivity contribution in [2.75, 3.05) is 19.1 Å². The summed E-state index contributed by atoms with van der Waals surface area (Å²) in [7, 11) is -1.25. The van der Waals surface area contributed by atoms with Crippen LogP contribution in [0, 0.1) is 0 Å². The van der Waals surface area contributed by atoms with E-state index in [9.17, 15) is 8.42 Å². The standard InChI is InChI=1S/C18H27N5O2S.HI/c1-15(9-12-26(3,24)25)22-18(19-2)20-13-16-7-4-5-8-17(16)14-23-11-6-10-21-23;/h4-8,10-11,15H,9,12-14H2,1-3H3,(H2,19,20,22);1H. The van der Waals surface area contributed by atoms with Crippen LogP contribution in [0.15, 0.2) is 47.7 Å². The van der Waals surface area contributed by atoms with Gasteiger partial charge in [-0.2, -0.15) is 5.10 Å². The smallest absolute Gasteiger partial charge is 0.191 e. The molecule has 27 heavy (non-hydrogen) atoms. The van der Waals surface area contributed by atoms with Crippen molar-refractivity contribution in [1.29, 1.82) is 0 Å². The van der Waals surface area contributed by atoms with Crippen molar-refractivity contribution in [2.45, 2.75) is 32.5 Å². The minimum Gasteiger partial charge on any atom is -0.354 e. The fraction of sp³-hybridized carbons (Fsp3) is 0.444. The van der Waals surface area contributed by atoms with Crippen LogP contribution in [0.5, 0.6) is 0 Å². The first-order chi connectivity index (χ1) is 12.4. The lowest BCUT2D eigenvalue weighted by atomic mass is 10.1. The van der Waals surface area contributed by atoms with E-state index in [1.807, 2.05) is 36.0 Å². The van der Waals surface area contributed by atoms with Crippen molar-refractivity contribution in [3.05, 3.63) is 53.9 Å². The van der Waals surface area contributed by atoms with E-state index in [0.717, 1.165) is 5.56 Å². The number of aliphatic imine (C=N–C) groups is 1.